The average molecular weight is 379 g/mol. The van der Waals surface area contributed by atoms with Crippen LogP contribution in [0.4, 0.5) is 0 Å². The number of hydrogen-bond donors (Lipinski definition) is 0. The van der Waals surface area contributed by atoms with Crippen LogP contribution in [-0.2, 0) is 16.6 Å². The minimum absolute atomic E-state index is 0.216. The van der Waals surface area contributed by atoms with Gasteiger partial charge in [0, 0.05) is 23.7 Å². The smallest absolute Gasteiger partial charge is 0.268 e. The molecule has 25 heavy (non-hydrogen) atoms. The van der Waals surface area contributed by atoms with Gasteiger partial charge in [0.2, 0.25) is 0 Å². The third-order valence-electron chi connectivity index (χ3n) is 3.95. The van der Waals surface area contributed by atoms with Crippen LogP contribution in [0.1, 0.15) is 5.56 Å². The van der Waals surface area contributed by atoms with E-state index in [-0.39, 0.29) is 4.90 Å². The standard InChI is InChI=1S/C18H19ClN2O3S/c1-20(2)11-14-17(24-3)10-9-16-18(14)15(19)12-21(16)25(22,23)13-7-5-4-6-8-13/h4-10,12H,11H2,1-3H3. The van der Waals surface area contributed by atoms with E-state index in [1.54, 1.807) is 49.6 Å². The molecule has 5 nitrogen and oxygen atoms in total. The number of halogens is 1. The first-order valence-electron chi connectivity index (χ1n) is 7.68. The molecule has 1 heterocycles. The normalized spacial score (nSPS) is 12.0. The fraction of sp³-hybridized carbons (Fsp3) is 0.222. The Kier molecular flexibility index (Phi) is 4.77. The molecule has 0 bridgehead atoms. The number of benzene rings is 2. The molecule has 0 spiro atoms. The van der Waals surface area contributed by atoms with Crippen LogP contribution in [0, 0.1) is 0 Å². The lowest BCUT2D eigenvalue weighted by atomic mass is 10.1. The summed E-state index contributed by atoms with van der Waals surface area (Å²) < 4.78 is 32.7. The number of methoxy groups -OCH3 is 1. The average Bonchev–Trinajstić information content (AvgIpc) is 2.93. The Bertz CT molecular complexity index is 1010. The van der Waals surface area contributed by atoms with Crippen molar-refractivity contribution in [2.45, 2.75) is 11.4 Å². The van der Waals surface area contributed by atoms with E-state index < -0.39 is 10.0 Å². The summed E-state index contributed by atoms with van der Waals surface area (Å²) in [5.74, 6) is 0.679. The second-order valence-electron chi connectivity index (χ2n) is 5.97. The molecule has 0 fully saturated rings. The Morgan fingerprint density at radius 1 is 1.12 bits per heavy atom. The highest BCUT2D eigenvalue weighted by atomic mass is 35.5. The van der Waals surface area contributed by atoms with Gasteiger partial charge in [0.1, 0.15) is 5.75 Å². The van der Waals surface area contributed by atoms with E-state index in [0.29, 0.717) is 28.2 Å². The Labute approximate surface area is 152 Å². The van der Waals surface area contributed by atoms with Crippen LogP contribution in [-0.4, -0.2) is 38.5 Å². The molecule has 0 saturated carbocycles. The molecule has 0 saturated heterocycles. The zero-order chi connectivity index (χ0) is 18.2. The van der Waals surface area contributed by atoms with E-state index in [2.05, 4.69) is 0 Å². The molecule has 0 aliphatic carbocycles. The van der Waals surface area contributed by atoms with Crippen LogP contribution in [0.15, 0.2) is 53.6 Å². The monoisotopic (exact) mass is 378 g/mol. The summed E-state index contributed by atoms with van der Waals surface area (Å²) in [6, 6.07) is 11.8. The Morgan fingerprint density at radius 2 is 1.80 bits per heavy atom. The van der Waals surface area contributed by atoms with Crippen molar-refractivity contribution in [1.82, 2.24) is 8.87 Å². The van der Waals surface area contributed by atoms with Gasteiger partial charge in [-0.2, -0.15) is 0 Å². The number of ether oxygens (including phenoxy) is 1. The van der Waals surface area contributed by atoms with Crippen molar-refractivity contribution < 1.29 is 13.2 Å². The van der Waals surface area contributed by atoms with Gasteiger partial charge in [0.15, 0.2) is 0 Å². The SMILES string of the molecule is COc1ccc2c(c(Cl)cn2S(=O)(=O)c2ccccc2)c1CN(C)C. The lowest BCUT2D eigenvalue weighted by molar-refractivity contribution is 0.374. The lowest BCUT2D eigenvalue weighted by Crippen LogP contribution is -2.13. The second kappa shape index (κ2) is 6.71. The first-order chi connectivity index (χ1) is 11.9. The number of aromatic nitrogens is 1. The quantitative estimate of drug-likeness (QED) is 0.680. The predicted molar refractivity (Wildman–Crippen MR) is 99.9 cm³/mol. The van der Waals surface area contributed by atoms with Crippen LogP contribution >= 0.6 is 11.6 Å². The van der Waals surface area contributed by atoms with Crippen molar-refractivity contribution in [2.75, 3.05) is 21.2 Å². The van der Waals surface area contributed by atoms with Gasteiger partial charge < -0.3 is 9.64 Å². The molecule has 0 radical (unpaired) electrons. The first kappa shape index (κ1) is 17.8. The van der Waals surface area contributed by atoms with Crippen molar-refractivity contribution >= 4 is 32.5 Å². The number of hydrogen-bond acceptors (Lipinski definition) is 4. The topological polar surface area (TPSA) is 51.5 Å². The van der Waals surface area contributed by atoms with Gasteiger partial charge in [-0.3, -0.25) is 0 Å². The third-order valence-corrected chi connectivity index (χ3v) is 5.92. The van der Waals surface area contributed by atoms with Gasteiger partial charge in [-0.25, -0.2) is 12.4 Å². The molecule has 0 unspecified atom stereocenters. The zero-order valence-electron chi connectivity index (χ0n) is 14.2. The molecule has 3 aromatic rings. The fourth-order valence-electron chi connectivity index (χ4n) is 2.87. The van der Waals surface area contributed by atoms with Gasteiger partial charge in [0.05, 0.1) is 22.5 Å². The summed E-state index contributed by atoms with van der Waals surface area (Å²) in [5, 5.41) is 1.07. The summed E-state index contributed by atoms with van der Waals surface area (Å²) in [7, 11) is 1.73. The maximum Gasteiger partial charge on any atom is 0.268 e. The molecular weight excluding hydrogens is 360 g/mol. The van der Waals surface area contributed by atoms with Crippen molar-refractivity contribution in [3.05, 3.63) is 59.2 Å². The molecule has 3 rings (SSSR count). The van der Waals surface area contributed by atoms with Gasteiger partial charge in [0.25, 0.3) is 10.0 Å². The van der Waals surface area contributed by atoms with E-state index in [1.807, 2.05) is 19.0 Å². The van der Waals surface area contributed by atoms with Gasteiger partial charge >= 0.3 is 0 Å². The summed E-state index contributed by atoms with van der Waals surface area (Å²) in [6.45, 7) is 0.579. The Balaban J connectivity index is 2.30. The minimum atomic E-state index is -3.73. The minimum Gasteiger partial charge on any atom is -0.496 e. The van der Waals surface area contributed by atoms with Crippen LogP contribution in [0.3, 0.4) is 0 Å². The maximum absolute atomic E-state index is 13.0. The predicted octanol–water partition coefficient (Wildman–Crippen LogP) is 3.60. The Morgan fingerprint density at radius 3 is 2.40 bits per heavy atom. The van der Waals surface area contributed by atoms with E-state index in [1.165, 1.54) is 10.2 Å². The van der Waals surface area contributed by atoms with Crippen LogP contribution in [0.2, 0.25) is 5.02 Å². The lowest BCUT2D eigenvalue weighted by Gasteiger charge is -2.15. The van der Waals surface area contributed by atoms with Crippen molar-refractivity contribution in [2.24, 2.45) is 0 Å². The molecule has 0 aliphatic rings. The fourth-order valence-corrected chi connectivity index (χ4v) is 4.62. The molecule has 0 amide bonds. The molecule has 2 aromatic carbocycles. The van der Waals surface area contributed by atoms with Crippen LogP contribution in [0.25, 0.3) is 10.9 Å². The molecule has 0 N–H and O–H groups in total. The van der Waals surface area contributed by atoms with E-state index in [9.17, 15) is 8.42 Å². The molecule has 7 heteroatoms. The maximum atomic E-state index is 13.0. The summed E-state index contributed by atoms with van der Waals surface area (Å²) >= 11 is 6.43. The molecule has 132 valence electrons. The van der Waals surface area contributed by atoms with Crippen LogP contribution < -0.4 is 4.74 Å². The molecule has 1 aromatic heterocycles. The molecule has 0 aliphatic heterocycles. The summed E-state index contributed by atoms with van der Waals surface area (Å²) in [6.07, 6.45) is 1.45. The molecular formula is C18H19ClN2O3S. The van der Waals surface area contributed by atoms with Gasteiger partial charge in [-0.15, -0.1) is 0 Å². The van der Waals surface area contributed by atoms with Crippen molar-refractivity contribution in [1.29, 1.82) is 0 Å². The first-order valence-corrected chi connectivity index (χ1v) is 9.50. The number of fused-ring (bicyclic) bond motifs is 1. The molecule has 0 atom stereocenters. The van der Waals surface area contributed by atoms with Crippen LogP contribution in [0.5, 0.6) is 5.75 Å². The largest absolute Gasteiger partial charge is 0.496 e. The highest BCUT2D eigenvalue weighted by molar-refractivity contribution is 7.90. The third kappa shape index (κ3) is 3.13. The highest BCUT2D eigenvalue weighted by Crippen LogP contribution is 2.36. The van der Waals surface area contributed by atoms with Gasteiger partial charge in [-0.1, -0.05) is 29.8 Å². The number of nitrogens with zero attached hydrogens (tertiary/aromatic N) is 2. The van der Waals surface area contributed by atoms with Crippen molar-refractivity contribution in [3.8, 4) is 5.75 Å². The Hall–Kier alpha value is -2.02. The van der Waals surface area contributed by atoms with E-state index in [4.69, 9.17) is 16.3 Å². The summed E-state index contributed by atoms with van der Waals surface area (Å²) in [4.78, 5) is 2.20. The van der Waals surface area contributed by atoms with E-state index >= 15 is 0 Å². The summed E-state index contributed by atoms with van der Waals surface area (Å²) in [5.41, 5.74) is 1.39. The second-order valence-corrected chi connectivity index (χ2v) is 8.19. The van der Waals surface area contributed by atoms with Gasteiger partial charge in [-0.05, 0) is 38.4 Å². The zero-order valence-corrected chi connectivity index (χ0v) is 15.8. The number of rotatable bonds is 5. The van der Waals surface area contributed by atoms with Crippen molar-refractivity contribution in [3.63, 3.8) is 0 Å². The highest BCUT2D eigenvalue weighted by Gasteiger charge is 2.23. The van der Waals surface area contributed by atoms with E-state index in [0.717, 1.165) is 5.56 Å².